The van der Waals surface area contributed by atoms with Crippen LogP contribution in [0.15, 0.2) is 23.0 Å². The molecule has 0 aliphatic carbocycles. The zero-order chi connectivity index (χ0) is 15.1. The number of hydrogen-bond acceptors (Lipinski definition) is 5. The van der Waals surface area contributed by atoms with Crippen LogP contribution in [0, 0.1) is 11.3 Å². The molecular formula is C14H22N2O4S. The molecule has 0 aromatic carbocycles. The van der Waals surface area contributed by atoms with Gasteiger partial charge >= 0.3 is 0 Å². The number of nitrogens with zero attached hydrogens (tertiary/aromatic N) is 2. The molecule has 2 aliphatic rings. The van der Waals surface area contributed by atoms with Gasteiger partial charge < -0.3 is 9.52 Å². The number of sulfonamides is 1. The second-order valence-corrected chi connectivity index (χ2v) is 8.37. The fourth-order valence-electron chi connectivity index (χ4n) is 3.60. The molecule has 1 aromatic rings. The maximum absolute atomic E-state index is 11.8. The Hall–Kier alpha value is -0.890. The van der Waals surface area contributed by atoms with E-state index in [0.717, 1.165) is 31.6 Å². The first-order valence-electron chi connectivity index (χ1n) is 7.22. The van der Waals surface area contributed by atoms with Crippen molar-refractivity contribution in [1.29, 1.82) is 0 Å². The van der Waals surface area contributed by atoms with Crippen LogP contribution in [0.1, 0.15) is 12.0 Å². The summed E-state index contributed by atoms with van der Waals surface area (Å²) in [6, 6.07) is 1.95. The number of likely N-dealkylation sites (tertiary alicyclic amines) is 1. The first-order chi connectivity index (χ1) is 9.93. The number of aliphatic hydroxyl groups is 1. The van der Waals surface area contributed by atoms with Crippen LogP contribution < -0.4 is 0 Å². The van der Waals surface area contributed by atoms with Gasteiger partial charge in [0.15, 0.2) is 0 Å². The predicted octanol–water partition coefficient (Wildman–Crippen LogP) is 0.355. The highest BCUT2D eigenvalue weighted by molar-refractivity contribution is 7.88. The Kier molecular flexibility index (Phi) is 3.85. The lowest BCUT2D eigenvalue weighted by Crippen LogP contribution is -2.48. The Morgan fingerprint density at radius 2 is 2.29 bits per heavy atom. The van der Waals surface area contributed by atoms with Gasteiger partial charge in [-0.15, -0.1) is 0 Å². The van der Waals surface area contributed by atoms with Gasteiger partial charge in [0, 0.05) is 37.2 Å². The summed E-state index contributed by atoms with van der Waals surface area (Å²) in [5, 5.41) is 9.82. The number of fused-ring (bicyclic) bond motifs is 1. The van der Waals surface area contributed by atoms with E-state index in [1.807, 2.05) is 6.07 Å². The van der Waals surface area contributed by atoms with Crippen LogP contribution in [0.3, 0.4) is 0 Å². The lowest BCUT2D eigenvalue weighted by molar-refractivity contribution is 0.0170. The molecule has 1 aromatic heterocycles. The third-order valence-corrected chi connectivity index (χ3v) is 6.17. The van der Waals surface area contributed by atoms with E-state index in [0.29, 0.717) is 13.1 Å². The van der Waals surface area contributed by atoms with Gasteiger partial charge in [0.05, 0.1) is 25.4 Å². The zero-order valence-corrected chi connectivity index (χ0v) is 13.1. The molecule has 2 fully saturated rings. The summed E-state index contributed by atoms with van der Waals surface area (Å²) in [7, 11) is -3.19. The smallest absolute Gasteiger partial charge is 0.211 e. The molecule has 1 N–H and O–H groups in total. The average Bonchev–Trinajstić information content (AvgIpc) is 3.05. The third kappa shape index (κ3) is 2.88. The van der Waals surface area contributed by atoms with Crippen LogP contribution in [0.4, 0.5) is 0 Å². The molecule has 0 bridgehead atoms. The van der Waals surface area contributed by atoms with Gasteiger partial charge in [-0.3, -0.25) is 4.90 Å². The van der Waals surface area contributed by atoms with Crippen molar-refractivity contribution in [2.75, 3.05) is 39.0 Å². The quantitative estimate of drug-likeness (QED) is 0.868. The second kappa shape index (κ2) is 5.39. The molecule has 2 saturated heterocycles. The van der Waals surface area contributed by atoms with Crippen LogP contribution in [-0.4, -0.2) is 61.8 Å². The van der Waals surface area contributed by atoms with Gasteiger partial charge in [-0.2, -0.15) is 0 Å². The maximum atomic E-state index is 11.8. The Balaban J connectivity index is 1.72. The molecule has 0 saturated carbocycles. The van der Waals surface area contributed by atoms with Crippen molar-refractivity contribution in [2.24, 2.45) is 11.3 Å². The Morgan fingerprint density at radius 3 is 2.90 bits per heavy atom. The number of aliphatic hydroxyl groups excluding tert-OH is 1. The molecule has 7 heteroatoms. The van der Waals surface area contributed by atoms with Gasteiger partial charge in [-0.1, -0.05) is 0 Å². The summed E-state index contributed by atoms with van der Waals surface area (Å²) >= 11 is 0. The molecule has 0 amide bonds. The van der Waals surface area contributed by atoms with E-state index >= 15 is 0 Å². The van der Waals surface area contributed by atoms with E-state index < -0.39 is 10.0 Å². The van der Waals surface area contributed by atoms with Gasteiger partial charge in [-0.25, -0.2) is 12.7 Å². The van der Waals surface area contributed by atoms with Gasteiger partial charge in [-0.05, 0) is 24.9 Å². The summed E-state index contributed by atoms with van der Waals surface area (Å²) < 4.78 is 30.2. The van der Waals surface area contributed by atoms with Gasteiger partial charge in [0.2, 0.25) is 10.0 Å². The molecule has 2 atom stereocenters. The zero-order valence-electron chi connectivity index (χ0n) is 12.2. The molecule has 6 nitrogen and oxygen atoms in total. The minimum absolute atomic E-state index is 0.0588. The molecule has 0 spiro atoms. The van der Waals surface area contributed by atoms with Crippen molar-refractivity contribution >= 4 is 10.0 Å². The van der Waals surface area contributed by atoms with Crippen molar-refractivity contribution in [3.63, 3.8) is 0 Å². The Morgan fingerprint density at radius 1 is 1.48 bits per heavy atom. The second-order valence-electron chi connectivity index (χ2n) is 6.39. The van der Waals surface area contributed by atoms with Crippen LogP contribution in [0.5, 0.6) is 0 Å². The lowest BCUT2D eigenvalue weighted by Gasteiger charge is -2.42. The maximum Gasteiger partial charge on any atom is 0.211 e. The summed E-state index contributed by atoms with van der Waals surface area (Å²) in [6.07, 6.45) is 5.49. The number of rotatable bonds is 4. The summed E-state index contributed by atoms with van der Waals surface area (Å²) in [6.45, 7) is 3.53. The minimum atomic E-state index is -3.19. The number of hydrogen-bond donors (Lipinski definition) is 1. The first-order valence-corrected chi connectivity index (χ1v) is 9.07. The summed E-state index contributed by atoms with van der Waals surface area (Å²) in [5.41, 5.74) is 0.861. The van der Waals surface area contributed by atoms with Crippen molar-refractivity contribution in [3.8, 4) is 0 Å². The van der Waals surface area contributed by atoms with Crippen LogP contribution >= 0.6 is 0 Å². The molecule has 0 radical (unpaired) electrons. The summed E-state index contributed by atoms with van der Waals surface area (Å²) in [5.74, 6) is 0.192. The van der Waals surface area contributed by atoms with E-state index in [1.54, 1.807) is 12.5 Å². The van der Waals surface area contributed by atoms with E-state index in [2.05, 4.69) is 4.90 Å². The number of piperidine rings is 1. The fourth-order valence-corrected chi connectivity index (χ4v) is 4.54. The minimum Gasteiger partial charge on any atom is -0.472 e. The standard InChI is InChI=1S/C14H22N2O4S/c1-21(18,19)16-8-13-7-15(6-12-2-5-20-9-12)4-3-14(13,10-16)11-17/h2,5,9,13,17H,3-4,6-8,10-11H2,1H3/t13-,14+/m1/s1. The largest absolute Gasteiger partial charge is 0.472 e. The Labute approximate surface area is 125 Å². The molecule has 2 aliphatic heterocycles. The molecule has 118 valence electrons. The first kappa shape index (κ1) is 15.0. The van der Waals surface area contributed by atoms with Crippen LogP contribution in [0.2, 0.25) is 0 Å². The molecule has 21 heavy (non-hydrogen) atoms. The van der Waals surface area contributed by atoms with Crippen molar-refractivity contribution < 1.29 is 17.9 Å². The molecular weight excluding hydrogens is 292 g/mol. The highest BCUT2D eigenvalue weighted by Crippen LogP contribution is 2.43. The SMILES string of the molecule is CS(=O)(=O)N1C[C@H]2CN(Cc3ccoc3)CC[C@@]2(CO)C1. The lowest BCUT2D eigenvalue weighted by atomic mass is 9.73. The third-order valence-electron chi connectivity index (χ3n) is 4.96. The summed E-state index contributed by atoms with van der Waals surface area (Å²) in [4.78, 5) is 2.31. The van der Waals surface area contributed by atoms with E-state index in [-0.39, 0.29) is 17.9 Å². The van der Waals surface area contributed by atoms with Gasteiger partial charge in [0.1, 0.15) is 0 Å². The van der Waals surface area contributed by atoms with E-state index in [1.165, 1.54) is 10.6 Å². The van der Waals surface area contributed by atoms with Crippen molar-refractivity contribution in [1.82, 2.24) is 9.21 Å². The topological polar surface area (TPSA) is 74.0 Å². The number of furan rings is 1. The molecule has 3 heterocycles. The monoisotopic (exact) mass is 314 g/mol. The average molecular weight is 314 g/mol. The van der Waals surface area contributed by atoms with Crippen LogP contribution in [-0.2, 0) is 16.6 Å². The van der Waals surface area contributed by atoms with Crippen LogP contribution in [0.25, 0.3) is 0 Å². The highest BCUT2D eigenvalue weighted by atomic mass is 32.2. The predicted molar refractivity (Wildman–Crippen MR) is 78.0 cm³/mol. The Bertz CT molecular complexity index is 586. The highest BCUT2D eigenvalue weighted by Gasteiger charge is 2.51. The van der Waals surface area contributed by atoms with E-state index in [4.69, 9.17) is 4.42 Å². The van der Waals surface area contributed by atoms with Crippen molar-refractivity contribution in [2.45, 2.75) is 13.0 Å². The van der Waals surface area contributed by atoms with Crippen molar-refractivity contribution in [3.05, 3.63) is 24.2 Å². The van der Waals surface area contributed by atoms with Gasteiger partial charge in [0.25, 0.3) is 0 Å². The fraction of sp³-hybridized carbons (Fsp3) is 0.714. The molecule has 0 unspecified atom stereocenters. The normalized spacial score (nSPS) is 31.4. The molecule has 3 rings (SSSR count). The van der Waals surface area contributed by atoms with E-state index in [9.17, 15) is 13.5 Å².